The van der Waals surface area contributed by atoms with Gasteiger partial charge in [0.2, 0.25) is 0 Å². The van der Waals surface area contributed by atoms with Gasteiger partial charge in [0.1, 0.15) is 17.3 Å². The Hall–Kier alpha value is -1.55. The first kappa shape index (κ1) is 11.9. The van der Waals surface area contributed by atoms with E-state index in [4.69, 9.17) is 17.3 Å². The molecule has 1 aromatic heterocycles. The number of nitrogen functional groups attached to an aromatic ring is 1. The standard InChI is InChI=1S/C12H13ClFN3/c1-3-9-16-11(12(15)17(9)2)7-5-4-6-8(13)10(7)14/h4-6H,3,15H2,1-2H3. The second kappa shape index (κ2) is 4.37. The Kier molecular flexibility index (Phi) is 3.07. The van der Waals surface area contributed by atoms with Gasteiger partial charge in [0.05, 0.1) is 5.02 Å². The normalized spacial score (nSPS) is 10.8. The summed E-state index contributed by atoms with van der Waals surface area (Å²) in [6.45, 7) is 1.97. The van der Waals surface area contributed by atoms with E-state index in [-0.39, 0.29) is 5.02 Å². The summed E-state index contributed by atoms with van der Waals surface area (Å²) in [5, 5.41) is 0.0746. The molecule has 2 N–H and O–H groups in total. The molecule has 5 heteroatoms. The number of hydrogen-bond donors (Lipinski definition) is 1. The van der Waals surface area contributed by atoms with Crippen molar-refractivity contribution in [2.75, 3.05) is 5.73 Å². The summed E-state index contributed by atoms with van der Waals surface area (Å²) in [4.78, 5) is 4.34. The average Bonchev–Trinajstić information content (AvgIpc) is 2.60. The minimum Gasteiger partial charge on any atom is -0.383 e. The van der Waals surface area contributed by atoms with Gasteiger partial charge in [0.15, 0.2) is 5.82 Å². The van der Waals surface area contributed by atoms with Gasteiger partial charge in [0, 0.05) is 19.0 Å². The fourth-order valence-electron chi connectivity index (χ4n) is 1.76. The first-order chi connectivity index (χ1) is 8.06. The molecular weight excluding hydrogens is 241 g/mol. The summed E-state index contributed by atoms with van der Waals surface area (Å²) < 4.78 is 15.6. The summed E-state index contributed by atoms with van der Waals surface area (Å²) in [5.41, 5.74) is 6.71. The van der Waals surface area contributed by atoms with Crippen LogP contribution in [-0.4, -0.2) is 9.55 Å². The molecule has 3 nitrogen and oxygen atoms in total. The van der Waals surface area contributed by atoms with Crippen LogP contribution in [0.25, 0.3) is 11.3 Å². The number of nitrogens with two attached hydrogens (primary N) is 1. The Morgan fingerprint density at radius 2 is 2.18 bits per heavy atom. The van der Waals surface area contributed by atoms with Crippen LogP contribution in [0.4, 0.5) is 10.2 Å². The molecule has 0 aliphatic carbocycles. The monoisotopic (exact) mass is 253 g/mol. The van der Waals surface area contributed by atoms with E-state index in [2.05, 4.69) is 4.98 Å². The molecule has 90 valence electrons. The maximum absolute atomic E-state index is 13.9. The molecule has 0 radical (unpaired) electrons. The SMILES string of the molecule is CCc1nc(-c2cccc(Cl)c2F)c(N)n1C. The van der Waals surface area contributed by atoms with E-state index in [1.807, 2.05) is 14.0 Å². The minimum atomic E-state index is -0.485. The van der Waals surface area contributed by atoms with Crippen LogP contribution < -0.4 is 5.73 Å². The summed E-state index contributed by atoms with van der Waals surface area (Å²) >= 11 is 5.75. The van der Waals surface area contributed by atoms with Crippen LogP contribution in [-0.2, 0) is 13.5 Å². The maximum Gasteiger partial charge on any atom is 0.151 e. The van der Waals surface area contributed by atoms with Crippen molar-refractivity contribution in [2.45, 2.75) is 13.3 Å². The third-order valence-electron chi connectivity index (χ3n) is 2.75. The van der Waals surface area contributed by atoms with Crippen molar-refractivity contribution in [3.8, 4) is 11.3 Å². The van der Waals surface area contributed by atoms with Crippen molar-refractivity contribution in [2.24, 2.45) is 7.05 Å². The predicted molar refractivity (Wildman–Crippen MR) is 67.4 cm³/mol. The Labute approximate surface area is 104 Å². The molecule has 0 saturated carbocycles. The number of rotatable bonds is 2. The third-order valence-corrected chi connectivity index (χ3v) is 3.05. The summed E-state index contributed by atoms with van der Waals surface area (Å²) in [7, 11) is 1.81. The first-order valence-electron chi connectivity index (χ1n) is 5.31. The number of hydrogen-bond acceptors (Lipinski definition) is 2. The van der Waals surface area contributed by atoms with Crippen LogP contribution in [0.15, 0.2) is 18.2 Å². The highest BCUT2D eigenvalue weighted by atomic mass is 35.5. The van der Waals surface area contributed by atoms with Gasteiger partial charge >= 0.3 is 0 Å². The molecule has 0 aliphatic heterocycles. The van der Waals surface area contributed by atoms with E-state index in [0.717, 1.165) is 12.2 Å². The highest BCUT2D eigenvalue weighted by Crippen LogP contribution is 2.31. The second-order valence-corrected chi connectivity index (χ2v) is 4.18. The van der Waals surface area contributed by atoms with Gasteiger partial charge < -0.3 is 10.3 Å². The third kappa shape index (κ3) is 1.89. The van der Waals surface area contributed by atoms with E-state index in [1.165, 1.54) is 6.07 Å². The molecule has 0 amide bonds. The Bertz CT molecular complexity index is 563. The Balaban J connectivity index is 2.65. The molecule has 1 heterocycles. The lowest BCUT2D eigenvalue weighted by Gasteiger charge is -2.03. The van der Waals surface area contributed by atoms with E-state index < -0.39 is 5.82 Å². The van der Waals surface area contributed by atoms with Crippen molar-refractivity contribution in [3.05, 3.63) is 34.9 Å². The minimum absolute atomic E-state index is 0.0746. The number of imidazole rings is 1. The summed E-state index contributed by atoms with van der Waals surface area (Å²) in [6, 6.07) is 4.81. The topological polar surface area (TPSA) is 43.8 Å². The molecule has 1 aromatic carbocycles. The van der Waals surface area contributed by atoms with E-state index in [0.29, 0.717) is 17.1 Å². The Morgan fingerprint density at radius 3 is 2.76 bits per heavy atom. The van der Waals surface area contributed by atoms with Gasteiger partial charge in [-0.25, -0.2) is 9.37 Å². The lowest BCUT2D eigenvalue weighted by Crippen LogP contribution is -2.00. The average molecular weight is 254 g/mol. The maximum atomic E-state index is 13.9. The predicted octanol–water partition coefficient (Wildman–Crippen LogP) is 3.02. The van der Waals surface area contributed by atoms with Crippen molar-refractivity contribution in [1.82, 2.24) is 9.55 Å². The lowest BCUT2D eigenvalue weighted by atomic mass is 10.1. The van der Waals surface area contributed by atoms with Gasteiger partial charge in [-0.3, -0.25) is 0 Å². The van der Waals surface area contributed by atoms with Crippen molar-refractivity contribution < 1.29 is 4.39 Å². The number of aromatic nitrogens is 2. The molecule has 0 bridgehead atoms. The smallest absolute Gasteiger partial charge is 0.151 e. The van der Waals surface area contributed by atoms with E-state index in [9.17, 15) is 4.39 Å². The van der Waals surface area contributed by atoms with E-state index in [1.54, 1.807) is 16.7 Å². The molecule has 2 rings (SSSR count). The zero-order valence-electron chi connectivity index (χ0n) is 9.67. The molecule has 0 aliphatic rings. The summed E-state index contributed by atoms with van der Waals surface area (Å²) in [6.07, 6.45) is 0.739. The molecule has 17 heavy (non-hydrogen) atoms. The zero-order chi connectivity index (χ0) is 12.6. The summed E-state index contributed by atoms with van der Waals surface area (Å²) in [5.74, 6) is 0.779. The number of nitrogens with zero attached hydrogens (tertiary/aromatic N) is 2. The highest BCUT2D eigenvalue weighted by molar-refractivity contribution is 6.31. The van der Waals surface area contributed by atoms with Crippen LogP contribution in [0.2, 0.25) is 5.02 Å². The molecule has 2 aromatic rings. The molecule has 0 atom stereocenters. The van der Waals surface area contributed by atoms with Gasteiger partial charge in [0.25, 0.3) is 0 Å². The van der Waals surface area contributed by atoms with Crippen LogP contribution in [0.5, 0.6) is 0 Å². The second-order valence-electron chi connectivity index (χ2n) is 3.78. The zero-order valence-corrected chi connectivity index (χ0v) is 10.4. The van der Waals surface area contributed by atoms with Crippen LogP contribution >= 0.6 is 11.6 Å². The van der Waals surface area contributed by atoms with Gasteiger partial charge in [-0.05, 0) is 12.1 Å². The van der Waals surface area contributed by atoms with Crippen molar-refractivity contribution in [1.29, 1.82) is 0 Å². The fraction of sp³-hybridized carbons (Fsp3) is 0.250. The van der Waals surface area contributed by atoms with Gasteiger partial charge in [-0.1, -0.05) is 24.6 Å². The van der Waals surface area contributed by atoms with Gasteiger partial charge in [-0.15, -0.1) is 0 Å². The number of halogens is 2. The van der Waals surface area contributed by atoms with Crippen LogP contribution in [0, 0.1) is 5.82 Å². The first-order valence-corrected chi connectivity index (χ1v) is 5.69. The molecule has 0 saturated heterocycles. The van der Waals surface area contributed by atoms with Crippen molar-refractivity contribution >= 4 is 17.4 Å². The number of anilines is 1. The van der Waals surface area contributed by atoms with Crippen molar-refractivity contribution in [3.63, 3.8) is 0 Å². The van der Waals surface area contributed by atoms with E-state index >= 15 is 0 Å². The lowest BCUT2D eigenvalue weighted by molar-refractivity contribution is 0.631. The number of aryl methyl sites for hydroxylation is 1. The quantitative estimate of drug-likeness (QED) is 0.894. The van der Waals surface area contributed by atoms with Crippen LogP contribution in [0.3, 0.4) is 0 Å². The molecule has 0 fully saturated rings. The highest BCUT2D eigenvalue weighted by Gasteiger charge is 2.17. The molecular formula is C12H13ClFN3. The Morgan fingerprint density at radius 1 is 1.47 bits per heavy atom. The van der Waals surface area contributed by atoms with Crippen LogP contribution in [0.1, 0.15) is 12.7 Å². The fourth-order valence-corrected chi connectivity index (χ4v) is 1.93. The molecule has 0 unspecified atom stereocenters. The number of benzene rings is 1. The molecule has 0 spiro atoms. The largest absolute Gasteiger partial charge is 0.383 e. The van der Waals surface area contributed by atoms with Gasteiger partial charge in [-0.2, -0.15) is 0 Å².